The topological polar surface area (TPSA) is 61.8 Å². The number of ketones is 1. The molecule has 0 spiro atoms. The van der Waals surface area contributed by atoms with E-state index >= 15 is 0 Å². The fraction of sp³-hybridized carbons (Fsp3) is 0.429. The van der Waals surface area contributed by atoms with E-state index in [4.69, 9.17) is 9.47 Å². The van der Waals surface area contributed by atoms with Crippen LogP contribution < -0.4 is 9.47 Å². The van der Waals surface area contributed by atoms with Crippen molar-refractivity contribution in [3.05, 3.63) is 23.8 Å². The molecule has 0 bridgehead atoms. The zero-order valence-corrected chi connectivity index (χ0v) is 12.0. The van der Waals surface area contributed by atoms with Gasteiger partial charge in [-0.05, 0) is 18.2 Å². The van der Waals surface area contributed by atoms with Crippen molar-refractivity contribution in [2.24, 2.45) is 0 Å². The summed E-state index contributed by atoms with van der Waals surface area (Å²) in [7, 11) is 4.23. The van der Waals surface area contributed by atoms with Crippen LogP contribution in [0, 0.1) is 0 Å². The van der Waals surface area contributed by atoms with Crippen LogP contribution >= 0.6 is 0 Å². The fourth-order valence-corrected chi connectivity index (χ4v) is 1.31. The van der Waals surface area contributed by atoms with Crippen molar-refractivity contribution in [1.82, 2.24) is 0 Å². The third kappa shape index (κ3) is 4.99. The Bertz CT molecular complexity index is 426. The highest BCUT2D eigenvalue weighted by Crippen LogP contribution is 2.27. The van der Waals surface area contributed by atoms with Crippen LogP contribution in [0.4, 0.5) is 0 Å². The molecule has 0 aliphatic rings. The summed E-state index contributed by atoms with van der Waals surface area (Å²) in [5.41, 5.74) is 0.382. The number of rotatable bonds is 5. The molecule has 0 unspecified atom stereocenters. The molecule has 0 aliphatic carbocycles. The maximum absolute atomic E-state index is 11.7. The molecule has 0 amide bonds. The number of ether oxygens (including phenoxy) is 3. The van der Waals surface area contributed by atoms with Gasteiger partial charge in [0, 0.05) is 5.56 Å². The maximum atomic E-state index is 11.7. The lowest BCUT2D eigenvalue weighted by Crippen LogP contribution is -2.09. The first-order valence-electron chi connectivity index (χ1n) is 5.94. The molecule has 1 aromatic rings. The normalized spacial score (nSPS) is 8.89. The van der Waals surface area contributed by atoms with Gasteiger partial charge >= 0.3 is 5.97 Å². The fourth-order valence-electron chi connectivity index (χ4n) is 1.31. The van der Waals surface area contributed by atoms with E-state index < -0.39 is 5.97 Å². The van der Waals surface area contributed by atoms with Crippen molar-refractivity contribution in [2.75, 3.05) is 21.3 Å². The Balaban J connectivity index is 0.00000154. The number of hydrogen-bond acceptors (Lipinski definition) is 5. The monoisotopic (exact) mass is 268 g/mol. The van der Waals surface area contributed by atoms with E-state index in [1.54, 1.807) is 12.1 Å². The Morgan fingerprint density at radius 1 is 1.00 bits per heavy atom. The van der Waals surface area contributed by atoms with Crippen LogP contribution in [0.5, 0.6) is 11.5 Å². The SMILES string of the molecule is CC.COC(=O)CC(=O)c1ccc(OC)c(OC)c1. The van der Waals surface area contributed by atoms with E-state index in [9.17, 15) is 9.59 Å². The highest BCUT2D eigenvalue weighted by Gasteiger charge is 2.14. The summed E-state index contributed by atoms with van der Waals surface area (Å²) in [6, 6.07) is 4.72. The molecule has 0 saturated heterocycles. The Morgan fingerprint density at radius 3 is 2.05 bits per heavy atom. The Morgan fingerprint density at radius 2 is 1.58 bits per heavy atom. The van der Waals surface area contributed by atoms with Crippen LogP contribution in [0.1, 0.15) is 30.6 Å². The average Bonchev–Trinajstić information content (AvgIpc) is 2.48. The quantitative estimate of drug-likeness (QED) is 0.466. The van der Waals surface area contributed by atoms with Crippen molar-refractivity contribution in [1.29, 1.82) is 0 Å². The van der Waals surface area contributed by atoms with Crippen molar-refractivity contribution in [2.45, 2.75) is 20.3 Å². The average molecular weight is 268 g/mol. The summed E-state index contributed by atoms with van der Waals surface area (Å²) >= 11 is 0. The molecule has 1 rings (SSSR count). The smallest absolute Gasteiger partial charge is 0.313 e. The van der Waals surface area contributed by atoms with Gasteiger partial charge in [-0.25, -0.2) is 0 Å². The zero-order valence-electron chi connectivity index (χ0n) is 12.0. The molecule has 0 saturated carbocycles. The van der Waals surface area contributed by atoms with Gasteiger partial charge in [0.1, 0.15) is 6.42 Å². The number of benzene rings is 1. The first-order valence-corrected chi connectivity index (χ1v) is 5.94. The second-order valence-corrected chi connectivity index (χ2v) is 3.25. The molecule has 0 N–H and O–H groups in total. The van der Waals surface area contributed by atoms with Crippen molar-refractivity contribution in [3.8, 4) is 11.5 Å². The van der Waals surface area contributed by atoms with Gasteiger partial charge in [-0.15, -0.1) is 0 Å². The molecule has 0 aromatic heterocycles. The summed E-state index contributed by atoms with van der Waals surface area (Å²) < 4.78 is 14.5. The van der Waals surface area contributed by atoms with E-state index in [0.717, 1.165) is 0 Å². The first kappa shape index (κ1) is 17.0. The molecule has 0 fully saturated rings. The molecule has 0 atom stereocenters. The minimum absolute atomic E-state index is 0.286. The van der Waals surface area contributed by atoms with E-state index in [1.165, 1.54) is 27.4 Å². The third-order valence-electron chi connectivity index (χ3n) is 2.24. The molecule has 5 heteroatoms. The molecular formula is C14H20O5. The molecule has 0 radical (unpaired) electrons. The number of Topliss-reactive ketones (excluding diaryl/α,β-unsaturated/α-hetero) is 1. The number of methoxy groups -OCH3 is 3. The van der Waals surface area contributed by atoms with Crippen molar-refractivity contribution in [3.63, 3.8) is 0 Å². The standard InChI is InChI=1S/C12H14O5.C2H6/c1-15-10-5-4-8(6-11(10)16-2)9(13)7-12(14)17-3;1-2/h4-6H,7H2,1-3H3;1-2H3. The number of carbonyl (C=O) groups is 2. The van der Waals surface area contributed by atoms with Crippen LogP contribution in [0.15, 0.2) is 18.2 Å². The highest BCUT2D eigenvalue weighted by atomic mass is 16.5. The molecule has 0 aliphatic heterocycles. The molecular weight excluding hydrogens is 248 g/mol. The number of esters is 1. The lowest BCUT2D eigenvalue weighted by molar-refractivity contribution is -0.139. The lowest BCUT2D eigenvalue weighted by atomic mass is 10.1. The summed E-state index contributed by atoms with van der Waals surface area (Å²) in [6.45, 7) is 4.00. The summed E-state index contributed by atoms with van der Waals surface area (Å²) in [4.78, 5) is 22.7. The van der Waals surface area contributed by atoms with Crippen LogP contribution in [0.25, 0.3) is 0 Å². The third-order valence-corrected chi connectivity index (χ3v) is 2.24. The van der Waals surface area contributed by atoms with Gasteiger partial charge in [0.2, 0.25) is 0 Å². The molecule has 1 aromatic carbocycles. The van der Waals surface area contributed by atoms with Gasteiger partial charge in [0.25, 0.3) is 0 Å². The Kier molecular flexibility index (Phi) is 8.00. The van der Waals surface area contributed by atoms with Crippen LogP contribution in [0.3, 0.4) is 0 Å². The Labute approximate surface area is 113 Å². The van der Waals surface area contributed by atoms with E-state index in [1.807, 2.05) is 13.8 Å². The van der Waals surface area contributed by atoms with E-state index in [0.29, 0.717) is 17.1 Å². The lowest BCUT2D eigenvalue weighted by Gasteiger charge is -2.08. The van der Waals surface area contributed by atoms with Gasteiger partial charge in [0.15, 0.2) is 17.3 Å². The van der Waals surface area contributed by atoms with Crippen LogP contribution in [0.2, 0.25) is 0 Å². The second-order valence-electron chi connectivity index (χ2n) is 3.25. The largest absolute Gasteiger partial charge is 0.493 e. The molecule has 19 heavy (non-hydrogen) atoms. The predicted octanol–water partition coefficient (Wildman–Crippen LogP) is 2.48. The second kappa shape index (κ2) is 8.97. The van der Waals surface area contributed by atoms with Gasteiger partial charge in [-0.1, -0.05) is 13.8 Å². The Hall–Kier alpha value is -2.04. The van der Waals surface area contributed by atoms with Crippen molar-refractivity contribution >= 4 is 11.8 Å². The predicted molar refractivity (Wildman–Crippen MR) is 71.9 cm³/mol. The van der Waals surface area contributed by atoms with Gasteiger partial charge in [-0.2, -0.15) is 0 Å². The minimum Gasteiger partial charge on any atom is -0.493 e. The number of carbonyl (C=O) groups excluding carboxylic acids is 2. The van der Waals surface area contributed by atoms with Crippen molar-refractivity contribution < 1.29 is 23.8 Å². The minimum atomic E-state index is -0.565. The van der Waals surface area contributed by atoms with Gasteiger partial charge < -0.3 is 14.2 Å². The summed E-state index contributed by atoms with van der Waals surface area (Å²) in [5, 5.41) is 0. The number of hydrogen-bond donors (Lipinski definition) is 0. The van der Waals surface area contributed by atoms with E-state index in [-0.39, 0.29) is 12.2 Å². The molecule has 5 nitrogen and oxygen atoms in total. The summed E-state index contributed by atoms with van der Waals surface area (Å²) in [5.74, 6) is 0.0907. The molecule has 106 valence electrons. The first-order chi connectivity index (χ1) is 9.12. The zero-order chi connectivity index (χ0) is 14.8. The van der Waals surface area contributed by atoms with Gasteiger partial charge in [0.05, 0.1) is 21.3 Å². The van der Waals surface area contributed by atoms with Crippen LogP contribution in [-0.2, 0) is 9.53 Å². The summed E-state index contributed by atoms with van der Waals surface area (Å²) in [6.07, 6.45) is -0.286. The maximum Gasteiger partial charge on any atom is 0.313 e. The molecule has 0 heterocycles. The van der Waals surface area contributed by atoms with E-state index in [2.05, 4.69) is 4.74 Å². The van der Waals surface area contributed by atoms with Gasteiger partial charge in [-0.3, -0.25) is 9.59 Å². The highest BCUT2D eigenvalue weighted by molar-refractivity contribution is 6.06. The van der Waals surface area contributed by atoms with Crippen LogP contribution in [-0.4, -0.2) is 33.1 Å².